The average molecular weight is 349 g/mol. The van der Waals surface area contributed by atoms with E-state index in [1.165, 1.54) is 0 Å². The zero-order valence-corrected chi connectivity index (χ0v) is 14.6. The molecule has 1 N–H and O–H groups in total. The van der Waals surface area contributed by atoms with Gasteiger partial charge in [-0.2, -0.15) is 4.68 Å². The van der Waals surface area contributed by atoms with E-state index in [1.807, 2.05) is 60.7 Å². The Morgan fingerprint density at radius 3 is 2.54 bits per heavy atom. The number of nitrogens with zero attached hydrogens (tertiary/aromatic N) is 5. The standard InChI is InChI=1S/C20H23N5O/c26-19(16-8-3-1-4-9-16)14-18-12-7-13-24(18)15-20-21-22-23-25(20)17-10-5-2-6-11-17/h1-6,8-11,18-19,26H,7,12-15H2. The van der Waals surface area contributed by atoms with Crippen LogP contribution in [0.4, 0.5) is 0 Å². The molecule has 6 nitrogen and oxygen atoms in total. The van der Waals surface area contributed by atoms with Gasteiger partial charge in [0.1, 0.15) is 0 Å². The molecule has 4 rings (SSSR count). The minimum Gasteiger partial charge on any atom is -0.388 e. The Hall–Kier alpha value is -2.57. The minimum absolute atomic E-state index is 0.339. The molecular weight excluding hydrogens is 326 g/mol. The van der Waals surface area contributed by atoms with Crippen molar-refractivity contribution < 1.29 is 5.11 Å². The zero-order chi connectivity index (χ0) is 17.8. The molecule has 0 aliphatic carbocycles. The summed E-state index contributed by atoms with van der Waals surface area (Å²) >= 11 is 0. The van der Waals surface area contributed by atoms with Crippen LogP contribution in [-0.2, 0) is 6.54 Å². The molecule has 134 valence electrons. The van der Waals surface area contributed by atoms with Crippen LogP contribution in [0.15, 0.2) is 60.7 Å². The van der Waals surface area contributed by atoms with Gasteiger partial charge in [0.25, 0.3) is 0 Å². The fraction of sp³-hybridized carbons (Fsp3) is 0.350. The van der Waals surface area contributed by atoms with Gasteiger partial charge in [0.2, 0.25) is 0 Å². The Kier molecular flexibility index (Phi) is 5.04. The summed E-state index contributed by atoms with van der Waals surface area (Å²) in [5, 5.41) is 22.8. The van der Waals surface area contributed by atoms with Gasteiger partial charge in [-0.15, -0.1) is 5.10 Å². The molecule has 2 atom stereocenters. The van der Waals surface area contributed by atoms with Crippen LogP contribution in [0.25, 0.3) is 5.69 Å². The predicted molar refractivity (Wildman–Crippen MR) is 98.6 cm³/mol. The van der Waals surface area contributed by atoms with Crippen LogP contribution in [0.3, 0.4) is 0 Å². The van der Waals surface area contributed by atoms with Crippen LogP contribution in [0, 0.1) is 0 Å². The van der Waals surface area contributed by atoms with E-state index in [9.17, 15) is 5.11 Å². The second-order valence-electron chi connectivity index (χ2n) is 6.77. The molecule has 2 heterocycles. The van der Waals surface area contributed by atoms with Gasteiger partial charge in [0, 0.05) is 6.04 Å². The van der Waals surface area contributed by atoms with Crippen LogP contribution in [0.5, 0.6) is 0 Å². The molecule has 2 aromatic carbocycles. The normalized spacial score (nSPS) is 18.9. The van der Waals surface area contributed by atoms with Crippen LogP contribution in [0.1, 0.15) is 36.8 Å². The van der Waals surface area contributed by atoms with Gasteiger partial charge in [-0.25, -0.2) is 0 Å². The van der Waals surface area contributed by atoms with Crippen LogP contribution >= 0.6 is 0 Å². The summed E-state index contributed by atoms with van der Waals surface area (Å²) < 4.78 is 1.79. The Bertz CT molecular complexity index is 820. The maximum atomic E-state index is 10.6. The molecule has 0 radical (unpaired) electrons. The van der Waals surface area contributed by atoms with E-state index < -0.39 is 6.10 Å². The van der Waals surface area contributed by atoms with Crippen molar-refractivity contribution >= 4 is 0 Å². The molecule has 1 saturated heterocycles. The maximum Gasteiger partial charge on any atom is 0.170 e. The van der Waals surface area contributed by atoms with Gasteiger partial charge in [0.05, 0.1) is 18.3 Å². The Labute approximate surface area is 153 Å². The maximum absolute atomic E-state index is 10.6. The number of para-hydroxylation sites is 1. The molecule has 0 bridgehead atoms. The van der Waals surface area contributed by atoms with Gasteiger partial charge >= 0.3 is 0 Å². The average Bonchev–Trinajstić information content (AvgIpc) is 3.33. The van der Waals surface area contributed by atoms with Gasteiger partial charge in [0.15, 0.2) is 5.82 Å². The van der Waals surface area contributed by atoms with Gasteiger partial charge < -0.3 is 5.11 Å². The Morgan fingerprint density at radius 1 is 1.04 bits per heavy atom. The van der Waals surface area contributed by atoms with E-state index >= 15 is 0 Å². The number of aromatic nitrogens is 4. The number of aliphatic hydroxyl groups excluding tert-OH is 1. The second-order valence-corrected chi connectivity index (χ2v) is 6.77. The summed E-state index contributed by atoms with van der Waals surface area (Å²) in [7, 11) is 0. The zero-order valence-electron chi connectivity index (χ0n) is 14.6. The molecule has 26 heavy (non-hydrogen) atoms. The predicted octanol–water partition coefficient (Wildman–Crippen LogP) is 2.75. The van der Waals surface area contributed by atoms with E-state index in [2.05, 4.69) is 20.4 Å². The molecule has 0 spiro atoms. The van der Waals surface area contributed by atoms with Crippen molar-refractivity contribution in [1.29, 1.82) is 0 Å². The SMILES string of the molecule is OC(CC1CCCN1Cc1nnnn1-c1ccccc1)c1ccccc1. The lowest BCUT2D eigenvalue weighted by Crippen LogP contribution is -2.31. The highest BCUT2D eigenvalue weighted by Gasteiger charge is 2.28. The van der Waals surface area contributed by atoms with E-state index in [-0.39, 0.29) is 0 Å². The molecule has 6 heteroatoms. The molecule has 3 aromatic rings. The first-order valence-corrected chi connectivity index (χ1v) is 9.11. The first-order chi connectivity index (χ1) is 12.8. The number of tetrazole rings is 1. The fourth-order valence-corrected chi connectivity index (χ4v) is 3.69. The topological polar surface area (TPSA) is 67.1 Å². The number of rotatable bonds is 6. The highest BCUT2D eigenvalue weighted by Crippen LogP contribution is 2.28. The second kappa shape index (κ2) is 7.76. The van der Waals surface area contributed by atoms with Gasteiger partial charge in [-0.05, 0) is 53.9 Å². The van der Waals surface area contributed by atoms with Crippen molar-refractivity contribution in [2.24, 2.45) is 0 Å². The monoisotopic (exact) mass is 349 g/mol. The summed E-state index contributed by atoms with van der Waals surface area (Å²) in [6, 6.07) is 20.2. The summed E-state index contributed by atoms with van der Waals surface area (Å²) in [5.41, 5.74) is 1.95. The number of aliphatic hydroxyl groups is 1. The van der Waals surface area contributed by atoms with Crippen LogP contribution in [0.2, 0.25) is 0 Å². The van der Waals surface area contributed by atoms with E-state index in [0.29, 0.717) is 12.6 Å². The quantitative estimate of drug-likeness (QED) is 0.741. The fourth-order valence-electron chi connectivity index (χ4n) is 3.69. The smallest absolute Gasteiger partial charge is 0.170 e. The van der Waals surface area contributed by atoms with Crippen molar-refractivity contribution in [3.63, 3.8) is 0 Å². The van der Waals surface area contributed by atoms with Gasteiger partial charge in [-0.3, -0.25) is 4.90 Å². The number of hydrogen-bond donors (Lipinski definition) is 1. The highest BCUT2D eigenvalue weighted by atomic mass is 16.3. The lowest BCUT2D eigenvalue weighted by molar-refractivity contribution is 0.116. The van der Waals surface area contributed by atoms with Crippen molar-refractivity contribution in [3.8, 4) is 5.69 Å². The number of benzene rings is 2. The summed E-state index contributed by atoms with van der Waals surface area (Å²) in [6.07, 6.45) is 2.53. The lowest BCUT2D eigenvalue weighted by Gasteiger charge is -2.26. The van der Waals surface area contributed by atoms with E-state index in [4.69, 9.17) is 0 Å². The number of hydrogen-bond acceptors (Lipinski definition) is 5. The van der Waals surface area contributed by atoms with E-state index in [0.717, 1.165) is 42.9 Å². The molecule has 0 saturated carbocycles. The summed E-state index contributed by atoms with van der Waals surface area (Å²) in [4.78, 5) is 2.39. The Balaban J connectivity index is 1.46. The third-order valence-corrected chi connectivity index (χ3v) is 5.06. The highest BCUT2D eigenvalue weighted by molar-refractivity contribution is 5.30. The van der Waals surface area contributed by atoms with Crippen molar-refractivity contribution in [2.75, 3.05) is 6.54 Å². The molecule has 1 fully saturated rings. The molecule has 1 aliphatic rings. The molecule has 2 unspecified atom stereocenters. The third-order valence-electron chi connectivity index (χ3n) is 5.06. The van der Waals surface area contributed by atoms with E-state index in [1.54, 1.807) is 4.68 Å². The summed E-state index contributed by atoms with van der Waals surface area (Å²) in [5.74, 6) is 0.831. The largest absolute Gasteiger partial charge is 0.388 e. The van der Waals surface area contributed by atoms with Gasteiger partial charge in [-0.1, -0.05) is 48.5 Å². The van der Waals surface area contributed by atoms with Crippen molar-refractivity contribution in [1.82, 2.24) is 25.1 Å². The van der Waals surface area contributed by atoms with Crippen molar-refractivity contribution in [3.05, 3.63) is 72.1 Å². The van der Waals surface area contributed by atoms with Crippen LogP contribution < -0.4 is 0 Å². The third kappa shape index (κ3) is 3.66. The van der Waals surface area contributed by atoms with Crippen LogP contribution in [-0.4, -0.2) is 42.8 Å². The Morgan fingerprint density at radius 2 is 1.77 bits per heavy atom. The molecule has 1 aliphatic heterocycles. The summed E-state index contributed by atoms with van der Waals surface area (Å²) in [6.45, 7) is 1.70. The number of likely N-dealkylation sites (tertiary alicyclic amines) is 1. The molecular formula is C20H23N5O. The molecule has 1 aromatic heterocycles. The lowest BCUT2D eigenvalue weighted by atomic mass is 10.0. The van der Waals surface area contributed by atoms with Crippen molar-refractivity contribution in [2.45, 2.75) is 38.0 Å². The first kappa shape index (κ1) is 16.9. The molecule has 0 amide bonds. The minimum atomic E-state index is -0.438. The first-order valence-electron chi connectivity index (χ1n) is 9.11.